The number of hydrogen-bond donors (Lipinski definition) is 0. The van der Waals surface area contributed by atoms with Crippen LogP contribution in [-0.4, -0.2) is 36.2 Å². The molecule has 0 spiro atoms. The number of hydrogen-bond acceptors (Lipinski definition) is 3. The molecule has 0 unspecified atom stereocenters. The molecule has 0 radical (unpaired) electrons. The number of nitrogens with zero attached hydrogens (tertiary/aromatic N) is 2. The number of rotatable bonds is 3. The summed E-state index contributed by atoms with van der Waals surface area (Å²) in [5.41, 5.74) is 1.30. The van der Waals surface area contributed by atoms with Crippen LogP contribution in [0.5, 0.6) is 0 Å². The predicted octanol–water partition coefficient (Wildman–Crippen LogP) is 4.20. The minimum atomic E-state index is -0.599. The van der Waals surface area contributed by atoms with Crippen LogP contribution < -0.4 is 0 Å². The Morgan fingerprint density at radius 1 is 1.30 bits per heavy atom. The van der Waals surface area contributed by atoms with E-state index < -0.39 is 5.95 Å². The van der Waals surface area contributed by atoms with E-state index in [1.807, 2.05) is 4.90 Å². The van der Waals surface area contributed by atoms with E-state index >= 15 is 0 Å². The Hall–Kier alpha value is -1.46. The second-order valence-electron chi connectivity index (χ2n) is 6.43. The van der Waals surface area contributed by atoms with Gasteiger partial charge in [0.25, 0.3) is 0 Å². The molecular formula is C17H19ClF2N2O. The zero-order chi connectivity index (χ0) is 16.4. The molecule has 6 heteroatoms. The van der Waals surface area contributed by atoms with Crippen LogP contribution in [0.1, 0.15) is 25.3 Å². The Labute approximate surface area is 139 Å². The monoisotopic (exact) mass is 340 g/mol. The van der Waals surface area contributed by atoms with Crippen LogP contribution in [0.3, 0.4) is 0 Å². The molecule has 0 atom stereocenters. The van der Waals surface area contributed by atoms with Crippen molar-refractivity contribution in [3.05, 3.63) is 46.8 Å². The van der Waals surface area contributed by atoms with Gasteiger partial charge in [-0.1, -0.05) is 18.5 Å². The van der Waals surface area contributed by atoms with Gasteiger partial charge < -0.3 is 9.64 Å². The summed E-state index contributed by atoms with van der Waals surface area (Å²) in [5, 5.41) is 0.357. The van der Waals surface area contributed by atoms with Gasteiger partial charge in [0, 0.05) is 43.3 Å². The Morgan fingerprint density at radius 3 is 2.78 bits per heavy atom. The first kappa shape index (κ1) is 16.4. The molecule has 0 aliphatic carbocycles. The molecule has 2 aliphatic rings. The predicted molar refractivity (Wildman–Crippen MR) is 86.1 cm³/mol. The van der Waals surface area contributed by atoms with E-state index in [-0.39, 0.29) is 17.8 Å². The lowest BCUT2D eigenvalue weighted by Gasteiger charge is -2.40. The third-order valence-corrected chi connectivity index (χ3v) is 4.78. The van der Waals surface area contributed by atoms with Gasteiger partial charge in [0.2, 0.25) is 5.95 Å². The minimum Gasteiger partial charge on any atom is -0.381 e. The molecule has 0 bridgehead atoms. The van der Waals surface area contributed by atoms with Crippen molar-refractivity contribution in [2.45, 2.75) is 19.8 Å². The number of halogens is 3. The van der Waals surface area contributed by atoms with Crippen molar-refractivity contribution < 1.29 is 13.5 Å². The number of allylic oxidation sites excluding steroid dienone is 2. The van der Waals surface area contributed by atoms with E-state index in [0.29, 0.717) is 30.3 Å². The van der Waals surface area contributed by atoms with Crippen LogP contribution >= 0.6 is 11.6 Å². The fourth-order valence-corrected chi connectivity index (χ4v) is 3.29. The van der Waals surface area contributed by atoms with Gasteiger partial charge in [-0.05, 0) is 30.4 Å². The third-order valence-electron chi connectivity index (χ3n) is 4.48. The highest BCUT2D eigenvalue weighted by Gasteiger charge is 2.32. The van der Waals surface area contributed by atoms with Crippen molar-refractivity contribution in [1.82, 2.24) is 9.88 Å². The van der Waals surface area contributed by atoms with Crippen LogP contribution in [0.15, 0.2) is 30.2 Å². The van der Waals surface area contributed by atoms with Gasteiger partial charge in [-0.3, -0.25) is 0 Å². The van der Waals surface area contributed by atoms with Gasteiger partial charge in [0.1, 0.15) is 5.83 Å². The summed E-state index contributed by atoms with van der Waals surface area (Å²) in [6, 6.07) is 1.30. The maximum Gasteiger partial charge on any atom is 0.213 e. The van der Waals surface area contributed by atoms with Crippen molar-refractivity contribution in [3.63, 3.8) is 0 Å². The maximum absolute atomic E-state index is 13.8. The molecule has 0 saturated carbocycles. The average Bonchev–Trinajstić information content (AvgIpc) is 2.50. The number of aromatic nitrogens is 1. The van der Waals surface area contributed by atoms with Gasteiger partial charge >= 0.3 is 0 Å². The first-order chi connectivity index (χ1) is 11.0. The average molecular weight is 341 g/mol. The van der Waals surface area contributed by atoms with Crippen LogP contribution in [0.2, 0.25) is 5.02 Å². The summed E-state index contributed by atoms with van der Waals surface area (Å²) in [7, 11) is 0. The van der Waals surface area contributed by atoms with Crippen LogP contribution in [-0.2, 0) is 4.74 Å². The second kappa shape index (κ2) is 6.57. The highest BCUT2D eigenvalue weighted by molar-refractivity contribution is 6.32. The topological polar surface area (TPSA) is 25.4 Å². The SMILES string of the molecule is CC1(CN2CC(F)=CC=C2c2cc(F)ncc2Cl)CCOCC1. The Balaban J connectivity index is 1.90. The van der Waals surface area contributed by atoms with Gasteiger partial charge in [-0.15, -0.1) is 0 Å². The molecule has 1 saturated heterocycles. The maximum atomic E-state index is 13.8. The van der Waals surface area contributed by atoms with Gasteiger partial charge in [0.05, 0.1) is 11.6 Å². The van der Waals surface area contributed by atoms with E-state index in [0.717, 1.165) is 18.5 Å². The molecule has 0 N–H and O–H groups in total. The fourth-order valence-electron chi connectivity index (χ4n) is 3.09. The van der Waals surface area contributed by atoms with E-state index in [2.05, 4.69) is 11.9 Å². The zero-order valence-electron chi connectivity index (χ0n) is 13.0. The quantitative estimate of drug-likeness (QED) is 0.771. The molecule has 0 aromatic carbocycles. The highest BCUT2D eigenvalue weighted by Crippen LogP contribution is 2.36. The highest BCUT2D eigenvalue weighted by atomic mass is 35.5. The number of pyridine rings is 1. The van der Waals surface area contributed by atoms with Crippen LogP contribution in [0.25, 0.3) is 5.70 Å². The van der Waals surface area contributed by atoms with Gasteiger partial charge in [-0.2, -0.15) is 4.39 Å². The van der Waals surface area contributed by atoms with E-state index in [9.17, 15) is 8.78 Å². The summed E-state index contributed by atoms with van der Waals surface area (Å²) in [5.74, 6) is -0.812. The molecule has 3 rings (SSSR count). The molecule has 0 amide bonds. The molecule has 3 nitrogen and oxygen atoms in total. The molecule has 2 aliphatic heterocycles. The molecule has 23 heavy (non-hydrogen) atoms. The zero-order valence-corrected chi connectivity index (χ0v) is 13.7. The lowest BCUT2D eigenvalue weighted by molar-refractivity contribution is 0.0133. The lowest BCUT2D eigenvalue weighted by atomic mass is 9.81. The normalized spacial score (nSPS) is 21.0. The van der Waals surface area contributed by atoms with Crippen molar-refractivity contribution >= 4 is 17.3 Å². The van der Waals surface area contributed by atoms with Crippen molar-refractivity contribution in [2.24, 2.45) is 5.41 Å². The van der Waals surface area contributed by atoms with Gasteiger partial charge in [0.15, 0.2) is 0 Å². The van der Waals surface area contributed by atoms with E-state index in [1.165, 1.54) is 18.3 Å². The Morgan fingerprint density at radius 2 is 2.04 bits per heavy atom. The van der Waals surface area contributed by atoms with Crippen molar-refractivity contribution in [2.75, 3.05) is 26.3 Å². The van der Waals surface area contributed by atoms with E-state index in [1.54, 1.807) is 6.08 Å². The fraction of sp³-hybridized carbons (Fsp3) is 0.471. The molecule has 1 fully saturated rings. The molecular weight excluding hydrogens is 322 g/mol. The molecule has 124 valence electrons. The standard InChI is InChI=1S/C17H19ClF2N2O/c1-17(4-6-23-7-5-17)11-22-10-12(19)2-3-15(22)13-8-16(20)21-9-14(13)18/h2-3,8-9H,4-7,10-11H2,1H3. The summed E-state index contributed by atoms with van der Waals surface area (Å²) in [6.07, 6.45) is 6.19. The van der Waals surface area contributed by atoms with Crippen LogP contribution in [0, 0.1) is 11.4 Å². The van der Waals surface area contributed by atoms with Crippen molar-refractivity contribution in [1.29, 1.82) is 0 Å². The summed E-state index contributed by atoms with van der Waals surface area (Å²) >= 11 is 6.18. The summed E-state index contributed by atoms with van der Waals surface area (Å²) < 4.78 is 32.8. The van der Waals surface area contributed by atoms with Crippen LogP contribution in [0.4, 0.5) is 8.78 Å². The van der Waals surface area contributed by atoms with Crippen molar-refractivity contribution in [3.8, 4) is 0 Å². The molecule has 3 heterocycles. The molecule has 1 aromatic rings. The number of ether oxygens (including phenoxy) is 1. The minimum absolute atomic E-state index is 0.0347. The third kappa shape index (κ3) is 3.72. The Kier molecular flexibility index (Phi) is 4.69. The Bertz CT molecular complexity index is 654. The van der Waals surface area contributed by atoms with E-state index in [4.69, 9.17) is 16.3 Å². The lowest BCUT2D eigenvalue weighted by Crippen LogP contribution is -2.40. The largest absolute Gasteiger partial charge is 0.381 e. The smallest absolute Gasteiger partial charge is 0.213 e. The molecule has 1 aromatic heterocycles. The van der Waals surface area contributed by atoms with Gasteiger partial charge in [-0.25, -0.2) is 9.37 Å². The first-order valence-electron chi connectivity index (χ1n) is 7.67. The second-order valence-corrected chi connectivity index (χ2v) is 6.84. The first-order valence-corrected chi connectivity index (χ1v) is 8.05. The summed E-state index contributed by atoms with van der Waals surface area (Å²) in [4.78, 5) is 5.48. The summed E-state index contributed by atoms with van der Waals surface area (Å²) in [6.45, 7) is 4.45.